The van der Waals surface area contributed by atoms with Crippen molar-refractivity contribution in [3.63, 3.8) is 0 Å². The Hall–Kier alpha value is -4.69. The number of rotatable bonds is 8. The minimum atomic E-state index is 0.195. The van der Waals surface area contributed by atoms with E-state index in [9.17, 15) is 0 Å². The van der Waals surface area contributed by atoms with Crippen LogP contribution in [-0.2, 0) is 0 Å². The molecule has 5 rings (SSSR count). The van der Waals surface area contributed by atoms with E-state index in [1.165, 1.54) is 77.5 Å². The predicted molar refractivity (Wildman–Crippen MR) is 200 cm³/mol. The molecule has 0 bridgehead atoms. The van der Waals surface area contributed by atoms with Gasteiger partial charge in [-0.3, -0.25) is 4.99 Å². The molecule has 0 saturated carbocycles. The van der Waals surface area contributed by atoms with Gasteiger partial charge in [0.15, 0.2) is 0 Å². The second-order valence-electron chi connectivity index (χ2n) is 13.0. The van der Waals surface area contributed by atoms with E-state index in [-0.39, 0.29) is 5.92 Å². The molecule has 234 valence electrons. The third-order valence-corrected chi connectivity index (χ3v) is 8.97. The number of ether oxygens (including phenoxy) is 1. The molecule has 46 heavy (non-hydrogen) atoms. The fraction of sp³-hybridized carbons (Fsp3) is 0.250. The minimum absolute atomic E-state index is 0.195. The van der Waals surface area contributed by atoms with Crippen LogP contribution in [0.4, 0.5) is 5.69 Å². The van der Waals surface area contributed by atoms with E-state index >= 15 is 0 Å². The molecule has 0 aromatic heterocycles. The number of benzene rings is 5. The van der Waals surface area contributed by atoms with Crippen molar-refractivity contribution in [2.45, 2.75) is 68.2 Å². The van der Waals surface area contributed by atoms with Crippen LogP contribution in [-0.4, -0.2) is 13.3 Å². The van der Waals surface area contributed by atoms with Crippen LogP contribution < -0.4 is 4.74 Å². The maximum absolute atomic E-state index is 5.87. The number of hydrogen-bond donors (Lipinski definition) is 0. The second kappa shape index (κ2) is 13.7. The molecule has 0 aliphatic heterocycles. The lowest BCUT2D eigenvalue weighted by molar-refractivity contribution is 0.409. The summed E-state index contributed by atoms with van der Waals surface area (Å²) in [5.74, 6) is 1.11. The number of hydrogen-bond acceptors (Lipinski definition) is 2. The van der Waals surface area contributed by atoms with Gasteiger partial charge < -0.3 is 4.74 Å². The van der Waals surface area contributed by atoms with Crippen LogP contribution in [0.3, 0.4) is 0 Å². The average molecular weight is 606 g/mol. The summed E-state index contributed by atoms with van der Waals surface area (Å²) < 4.78 is 5.87. The van der Waals surface area contributed by atoms with E-state index in [4.69, 9.17) is 9.73 Å². The third kappa shape index (κ3) is 6.92. The Morgan fingerprint density at radius 1 is 0.696 bits per heavy atom. The lowest BCUT2D eigenvalue weighted by atomic mass is 9.90. The SMILES string of the molecule is COc1cc(-c2c(C)cc(C)cc2C)ccc1C(C)/C=C\C=C(/C)C=Nc1cccc2cc(-c3c(C)cc(C)cc3C)cc(C)c12. The van der Waals surface area contributed by atoms with Crippen LogP contribution in [0, 0.1) is 48.5 Å². The van der Waals surface area contributed by atoms with E-state index < -0.39 is 0 Å². The first-order valence-electron chi connectivity index (χ1n) is 16.2. The standard InChI is InChI=1S/C44H47NO/c1-27(13-11-14-30(4)39-18-17-37(25-41(39)46-10)42-31(5)19-28(2)20-32(42)6)26-45-40-16-12-15-36-24-38(23-35(9)44(36)40)43-33(7)21-29(3)22-34(43)8/h11-26,30H,1-10H3/b14-11-,27-13+,45-26?. The highest BCUT2D eigenvalue weighted by molar-refractivity contribution is 6.00. The van der Waals surface area contributed by atoms with Gasteiger partial charge in [0.2, 0.25) is 0 Å². The fourth-order valence-electron chi connectivity index (χ4n) is 7.08. The van der Waals surface area contributed by atoms with Crippen molar-refractivity contribution >= 4 is 22.7 Å². The van der Waals surface area contributed by atoms with Crippen LogP contribution in [0.1, 0.15) is 64.3 Å². The highest BCUT2D eigenvalue weighted by Gasteiger charge is 2.14. The van der Waals surface area contributed by atoms with Gasteiger partial charge in [-0.2, -0.15) is 0 Å². The van der Waals surface area contributed by atoms with Crippen molar-refractivity contribution < 1.29 is 4.74 Å². The molecule has 0 spiro atoms. The molecule has 0 radical (unpaired) electrons. The van der Waals surface area contributed by atoms with Gasteiger partial charge in [-0.05, 0) is 135 Å². The van der Waals surface area contributed by atoms with Crippen molar-refractivity contribution in [3.05, 3.63) is 141 Å². The first kappa shape index (κ1) is 32.7. The van der Waals surface area contributed by atoms with Gasteiger partial charge in [0.1, 0.15) is 5.75 Å². The van der Waals surface area contributed by atoms with Gasteiger partial charge in [0.05, 0.1) is 12.8 Å². The Balaban J connectivity index is 1.35. The minimum Gasteiger partial charge on any atom is -0.496 e. The Labute approximate surface area is 276 Å². The third-order valence-electron chi connectivity index (χ3n) is 8.97. The Morgan fingerprint density at radius 2 is 1.30 bits per heavy atom. The van der Waals surface area contributed by atoms with Crippen LogP contribution in [0.2, 0.25) is 0 Å². The molecule has 0 heterocycles. The normalized spacial score (nSPS) is 12.9. The molecule has 0 aliphatic rings. The summed E-state index contributed by atoms with van der Waals surface area (Å²) in [6.07, 6.45) is 8.43. The lowest BCUT2D eigenvalue weighted by Gasteiger charge is -2.17. The summed E-state index contributed by atoms with van der Waals surface area (Å²) in [7, 11) is 1.76. The molecule has 1 unspecified atom stereocenters. The van der Waals surface area contributed by atoms with E-state index in [1.807, 2.05) is 6.21 Å². The zero-order valence-corrected chi connectivity index (χ0v) is 29.2. The number of nitrogens with zero attached hydrogens (tertiary/aromatic N) is 1. The van der Waals surface area contributed by atoms with Crippen LogP contribution >= 0.6 is 0 Å². The fourth-order valence-corrected chi connectivity index (χ4v) is 7.08. The summed E-state index contributed by atoms with van der Waals surface area (Å²) in [6, 6.07) is 26.7. The summed E-state index contributed by atoms with van der Waals surface area (Å²) in [5, 5.41) is 2.42. The Bertz CT molecular complexity index is 1970. The maximum atomic E-state index is 5.87. The van der Waals surface area contributed by atoms with Gasteiger partial charge in [-0.1, -0.05) is 90.9 Å². The van der Waals surface area contributed by atoms with Crippen LogP contribution in [0.25, 0.3) is 33.0 Å². The quantitative estimate of drug-likeness (QED) is 0.127. The smallest absolute Gasteiger partial charge is 0.123 e. The van der Waals surface area contributed by atoms with E-state index in [2.05, 4.69) is 153 Å². The summed E-state index contributed by atoms with van der Waals surface area (Å²) >= 11 is 0. The van der Waals surface area contributed by atoms with E-state index in [0.717, 1.165) is 17.0 Å². The number of fused-ring (bicyclic) bond motifs is 1. The van der Waals surface area contributed by atoms with Crippen LogP contribution in [0.5, 0.6) is 5.75 Å². The molecule has 1 atom stereocenters. The van der Waals surface area contributed by atoms with E-state index in [1.54, 1.807) is 7.11 Å². The van der Waals surface area contributed by atoms with E-state index in [0.29, 0.717) is 0 Å². The number of methoxy groups -OCH3 is 1. The molecule has 0 amide bonds. The van der Waals surface area contributed by atoms with Crippen molar-refractivity contribution in [1.29, 1.82) is 0 Å². The van der Waals surface area contributed by atoms with Gasteiger partial charge in [0.25, 0.3) is 0 Å². The molecule has 0 saturated heterocycles. The monoisotopic (exact) mass is 605 g/mol. The zero-order valence-electron chi connectivity index (χ0n) is 29.2. The molecule has 5 aromatic carbocycles. The molecule has 2 heteroatoms. The molecule has 2 nitrogen and oxygen atoms in total. The molecular weight excluding hydrogens is 558 g/mol. The molecule has 0 N–H and O–H groups in total. The number of aliphatic imine (C=N–C) groups is 1. The topological polar surface area (TPSA) is 21.6 Å². The summed E-state index contributed by atoms with van der Waals surface area (Å²) in [5.41, 5.74) is 17.4. The first-order valence-corrected chi connectivity index (χ1v) is 16.2. The molecular formula is C44H47NO. The number of aryl methyl sites for hydroxylation is 7. The molecule has 5 aromatic rings. The highest BCUT2D eigenvalue weighted by Crippen LogP contribution is 2.37. The molecule has 0 fully saturated rings. The van der Waals surface area contributed by atoms with Crippen LogP contribution in [0.15, 0.2) is 102 Å². The Morgan fingerprint density at radius 3 is 1.91 bits per heavy atom. The van der Waals surface area contributed by atoms with Crippen molar-refractivity contribution in [2.24, 2.45) is 4.99 Å². The highest BCUT2D eigenvalue weighted by atomic mass is 16.5. The summed E-state index contributed by atoms with van der Waals surface area (Å²) in [4.78, 5) is 4.94. The number of allylic oxidation sites excluding steroid dienone is 4. The largest absolute Gasteiger partial charge is 0.496 e. The van der Waals surface area contributed by atoms with Crippen molar-refractivity contribution in [3.8, 4) is 28.0 Å². The van der Waals surface area contributed by atoms with Gasteiger partial charge >= 0.3 is 0 Å². The van der Waals surface area contributed by atoms with Gasteiger partial charge in [-0.15, -0.1) is 0 Å². The lowest BCUT2D eigenvalue weighted by Crippen LogP contribution is -1.97. The maximum Gasteiger partial charge on any atom is 0.123 e. The Kier molecular flexibility index (Phi) is 9.77. The second-order valence-corrected chi connectivity index (χ2v) is 13.0. The van der Waals surface area contributed by atoms with Crippen molar-refractivity contribution in [2.75, 3.05) is 7.11 Å². The zero-order chi connectivity index (χ0) is 33.1. The van der Waals surface area contributed by atoms with Gasteiger partial charge in [0, 0.05) is 23.1 Å². The van der Waals surface area contributed by atoms with Gasteiger partial charge in [-0.25, -0.2) is 0 Å². The average Bonchev–Trinajstić information content (AvgIpc) is 2.98. The first-order chi connectivity index (χ1) is 22.0. The van der Waals surface area contributed by atoms with Crippen molar-refractivity contribution in [1.82, 2.24) is 0 Å². The summed E-state index contributed by atoms with van der Waals surface area (Å²) in [6.45, 7) is 19.6. The molecule has 0 aliphatic carbocycles. The predicted octanol–water partition coefficient (Wildman–Crippen LogP) is 12.3.